The fourth-order valence-corrected chi connectivity index (χ4v) is 4.16. The van der Waals surface area contributed by atoms with E-state index in [1.54, 1.807) is 6.07 Å². The Morgan fingerprint density at radius 3 is 2.27 bits per heavy atom. The van der Waals surface area contributed by atoms with E-state index in [1.807, 2.05) is 11.0 Å². The van der Waals surface area contributed by atoms with Crippen LogP contribution >= 0.6 is 0 Å². The number of likely N-dealkylation sites (tertiary alicyclic amines) is 2. The van der Waals surface area contributed by atoms with Gasteiger partial charge in [-0.15, -0.1) is 0 Å². The molecule has 1 aromatic carbocycles. The number of hydrogen-bond donors (Lipinski definition) is 1. The number of carbonyl (C=O) groups excluding carboxylic acids is 1. The van der Waals surface area contributed by atoms with Gasteiger partial charge >= 0.3 is 12.1 Å². The minimum atomic E-state index is -5.08. The summed E-state index contributed by atoms with van der Waals surface area (Å²) in [6, 6.07) is 7.07. The highest BCUT2D eigenvalue weighted by atomic mass is 19.4. The van der Waals surface area contributed by atoms with Crippen LogP contribution in [0.5, 0.6) is 0 Å². The Hall–Kier alpha value is -2.16. The van der Waals surface area contributed by atoms with E-state index < -0.39 is 12.1 Å². The molecule has 1 aromatic rings. The molecule has 0 bridgehead atoms. The molecule has 30 heavy (non-hydrogen) atoms. The molecule has 2 fully saturated rings. The Balaban J connectivity index is 0.000000396. The Bertz CT molecular complexity index is 718. The van der Waals surface area contributed by atoms with Crippen molar-refractivity contribution in [3.63, 3.8) is 0 Å². The number of piperidine rings is 2. The molecule has 0 spiro atoms. The van der Waals surface area contributed by atoms with Crippen molar-refractivity contribution in [2.75, 3.05) is 26.7 Å². The monoisotopic (exact) mass is 432 g/mol. The summed E-state index contributed by atoms with van der Waals surface area (Å²) < 4.78 is 45.0. The van der Waals surface area contributed by atoms with Crippen molar-refractivity contribution >= 4 is 11.9 Å². The zero-order valence-electron chi connectivity index (χ0n) is 17.0. The topological polar surface area (TPSA) is 60.9 Å². The van der Waals surface area contributed by atoms with E-state index in [9.17, 15) is 22.4 Å². The van der Waals surface area contributed by atoms with E-state index in [-0.39, 0.29) is 11.7 Å². The first-order chi connectivity index (χ1) is 14.1. The highest BCUT2D eigenvalue weighted by Crippen LogP contribution is 2.29. The van der Waals surface area contributed by atoms with Gasteiger partial charge in [0.1, 0.15) is 5.82 Å². The molecule has 1 amide bonds. The van der Waals surface area contributed by atoms with Gasteiger partial charge in [-0.2, -0.15) is 13.2 Å². The van der Waals surface area contributed by atoms with Gasteiger partial charge in [0.25, 0.3) is 0 Å². The highest BCUT2D eigenvalue weighted by Gasteiger charge is 2.38. The standard InChI is InChI=1S/C19H27FN2O.C2HF3O2/c1-21-10-3-2-7-18(21)16-8-11-22(12-9-16)19(23)14-15-5-4-6-17(20)13-15;3-2(4,5)1(6)7/h4-6,13,16,18H,2-3,7-12,14H2,1H3;(H,6,7). The van der Waals surface area contributed by atoms with Gasteiger partial charge in [-0.05, 0) is 62.9 Å². The Morgan fingerprint density at radius 2 is 1.73 bits per heavy atom. The van der Waals surface area contributed by atoms with Crippen LogP contribution < -0.4 is 0 Å². The van der Waals surface area contributed by atoms with Gasteiger partial charge in [-0.25, -0.2) is 9.18 Å². The molecule has 1 N–H and O–H groups in total. The number of halogens is 4. The smallest absolute Gasteiger partial charge is 0.475 e. The molecule has 1 atom stereocenters. The molecular weight excluding hydrogens is 404 g/mol. The van der Waals surface area contributed by atoms with Gasteiger partial charge in [0.15, 0.2) is 0 Å². The van der Waals surface area contributed by atoms with Crippen molar-refractivity contribution < 1.29 is 32.3 Å². The van der Waals surface area contributed by atoms with Crippen LogP contribution in [0, 0.1) is 11.7 Å². The van der Waals surface area contributed by atoms with E-state index in [2.05, 4.69) is 11.9 Å². The lowest BCUT2D eigenvalue weighted by Gasteiger charge is -2.42. The van der Waals surface area contributed by atoms with E-state index in [0.717, 1.165) is 37.4 Å². The fourth-order valence-electron chi connectivity index (χ4n) is 4.16. The van der Waals surface area contributed by atoms with Crippen LogP contribution in [0.4, 0.5) is 17.6 Å². The Labute approximate surface area is 173 Å². The molecule has 168 valence electrons. The zero-order valence-corrected chi connectivity index (χ0v) is 17.0. The minimum absolute atomic E-state index is 0.131. The first-order valence-electron chi connectivity index (χ1n) is 10.1. The maximum atomic E-state index is 13.2. The fraction of sp³-hybridized carbons (Fsp3) is 0.619. The summed E-state index contributed by atoms with van der Waals surface area (Å²) in [6.07, 6.45) is 1.39. The van der Waals surface area contributed by atoms with Crippen LogP contribution in [0.15, 0.2) is 24.3 Å². The van der Waals surface area contributed by atoms with Crippen LogP contribution in [-0.2, 0) is 16.0 Å². The first kappa shape index (κ1) is 24.1. The predicted molar refractivity (Wildman–Crippen MR) is 103 cm³/mol. The van der Waals surface area contributed by atoms with Crippen molar-refractivity contribution in [2.24, 2.45) is 5.92 Å². The molecule has 2 heterocycles. The summed E-state index contributed by atoms with van der Waals surface area (Å²) in [5.74, 6) is -2.17. The van der Waals surface area contributed by atoms with Gasteiger partial charge in [0.05, 0.1) is 6.42 Å². The summed E-state index contributed by atoms with van der Waals surface area (Å²) in [5, 5.41) is 7.12. The van der Waals surface area contributed by atoms with Crippen molar-refractivity contribution in [1.29, 1.82) is 0 Å². The van der Waals surface area contributed by atoms with Gasteiger partial charge in [-0.3, -0.25) is 4.79 Å². The summed E-state index contributed by atoms with van der Waals surface area (Å²) in [4.78, 5) is 25.8. The van der Waals surface area contributed by atoms with Gasteiger partial charge < -0.3 is 14.9 Å². The van der Waals surface area contributed by atoms with Crippen LogP contribution in [-0.4, -0.2) is 65.7 Å². The number of benzene rings is 1. The molecule has 2 aliphatic heterocycles. The lowest BCUT2D eigenvalue weighted by Crippen LogP contribution is -2.47. The Kier molecular flexibility index (Phi) is 8.64. The molecular formula is C21H28F4N2O3. The first-order valence-corrected chi connectivity index (χ1v) is 10.1. The number of alkyl halides is 3. The second-order valence-corrected chi connectivity index (χ2v) is 7.87. The van der Waals surface area contributed by atoms with E-state index >= 15 is 0 Å². The maximum absolute atomic E-state index is 13.2. The lowest BCUT2D eigenvalue weighted by molar-refractivity contribution is -0.192. The quantitative estimate of drug-likeness (QED) is 0.740. The number of carboxylic acid groups (broad SMARTS) is 1. The molecule has 0 aliphatic carbocycles. The molecule has 0 aromatic heterocycles. The second-order valence-electron chi connectivity index (χ2n) is 7.87. The molecule has 9 heteroatoms. The molecule has 5 nitrogen and oxygen atoms in total. The largest absolute Gasteiger partial charge is 0.490 e. The van der Waals surface area contributed by atoms with Crippen LogP contribution in [0.1, 0.15) is 37.7 Å². The molecule has 1 unspecified atom stereocenters. The van der Waals surface area contributed by atoms with Crippen molar-refractivity contribution in [3.05, 3.63) is 35.6 Å². The summed E-state index contributed by atoms with van der Waals surface area (Å²) in [6.45, 7) is 2.91. The third-order valence-corrected chi connectivity index (χ3v) is 5.75. The maximum Gasteiger partial charge on any atom is 0.490 e. The van der Waals surface area contributed by atoms with E-state index in [4.69, 9.17) is 9.90 Å². The molecule has 2 aliphatic rings. The third-order valence-electron chi connectivity index (χ3n) is 5.75. The van der Waals surface area contributed by atoms with Crippen molar-refractivity contribution in [3.8, 4) is 0 Å². The number of rotatable bonds is 3. The van der Waals surface area contributed by atoms with Crippen molar-refractivity contribution in [2.45, 2.75) is 50.7 Å². The highest BCUT2D eigenvalue weighted by molar-refractivity contribution is 5.78. The molecule has 0 saturated carbocycles. The minimum Gasteiger partial charge on any atom is -0.475 e. The number of carboxylic acids is 1. The van der Waals surface area contributed by atoms with Crippen LogP contribution in [0.25, 0.3) is 0 Å². The van der Waals surface area contributed by atoms with E-state index in [0.29, 0.717) is 12.5 Å². The number of carbonyl (C=O) groups is 2. The number of nitrogens with zero attached hydrogens (tertiary/aromatic N) is 2. The third kappa shape index (κ3) is 7.27. The normalized spacial score (nSPS) is 21.0. The molecule has 0 radical (unpaired) electrons. The van der Waals surface area contributed by atoms with Crippen LogP contribution in [0.2, 0.25) is 0 Å². The predicted octanol–water partition coefficient (Wildman–Crippen LogP) is 3.72. The average Bonchev–Trinajstić information content (AvgIpc) is 2.68. The van der Waals surface area contributed by atoms with Gasteiger partial charge in [-0.1, -0.05) is 18.6 Å². The number of hydrogen-bond acceptors (Lipinski definition) is 3. The van der Waals surface area contributed by atoms with Gasteiger partial charge in [0.2, 0.25) is 5.91 Å². The zero-order chi connectivity index (χ0) is 22.3. The number of amides is 1. The summed E-state index contributed by atoms with van der Waals surface area (Å²) in [7, 11) is 2.24. The van der Waals surface area contributed by atoms with Gasteiger partial charge in [0, 0.05) is 19.1 Å². The number of aliphatic carboxylic acids is 1. The van der Waals surface area contributed by atoms with Crippen LogP contribution in [0.3, 0.4) is 0 Å². The van der Waals surface area contributed by atoms with Crippen molar-refractivity contribution in [1.82, 2.24) is 9.80 Å². The molecule has 3 rings (SSSR count). The average molecular weight is 432 g/mol. The summed E-state index contributed by atoms with van der Waals surface area (Å²) >= 11 is 0. The second kappa shape index (κ2) is 10.7. The Morgan fingerprint density at radius 1 is 1.10 bits per heavy atom. The lowest BCUT2D eigenvalue weighted by atomic mass is 9.84. The summed E-state index contributed by atoms with van der Waals surface area (Å²) in [5.41, 5.74) is 0.768. The van der Waals surface area contributed by atoms with E-state index in [1.165, 1.54) is 37.9 Å². The molecule has 2 saturated heterocycles. The SMILES string of the molecule is CN1CCCCC1C1CCN(C(=O)Cc2cccc(F)c2)CC1.O=C(O)C(F)(F)F.